The van der Waals surface area contributed by atoms with E-state index in [9.17, 15) is 4.79 Å². The molecule has 0 radical (unpaired) electrons. The maximum atomic E-state index is 13.3. The van der Waals surface area contributed by atoms with Gasteiger partial charge in [0, 0.05) is 24.4 Å². The standard InChI is InChI=1S/C24H22ClN3O2S/c1-15-19-13-22(31-24(19)28(26-15)21-6-4-3-5-20(21)25)23(29)27-12-11-17(14-27)16-7-9-18(30-2)10-8-16/h3-10,13,17H,11-12,14H2,1-2H3. The number of amides is 1. The number of rotatable bonds is 4. The van der Waals surface area contributed by atoms with E-state index in [0.717, 1.165) is 51.7 Å². The van der Waals surface area contributed by atoms with Crippen molar-refractivity contribution in [3.8, 4) is 11.4 Å². The number of fused-ring (bicyclic) bond motifs is 1. The van der Waals surface area contributed by atoms with E-state index < -0.39 is 0 Å². The molecule has 1 amide bonds. The van der Waals surface area contributed by atoms with Crippen LogP contribution in [0.2, 0.25) is 5.02 Å². The summed E-state index contributed by atoms with van der Waals surface area (Å²) in [5, 5.41) is 6.29. The Kier molecular flexibility index (Phi) is 5.20. The number of benzene rings is 2. The molecule has 5 rings (SSSR count). The first kappa shape index (κ1) is 20.1. The minimum atomic E-state index is 0.0855. The first-order chi connectivity index (χ1) is 15.0. The van der Waals surface area contributed by atoms with Crippen LogP contribution in [0, 0.1) is 6.92 Å². The van der Waals surface area contributed by atoms with Gasteiger partial charge in [-0.3, -0.25) is 4.79 Å². The number of aromatic nitrogens is 2. The maximum absolute atomic E-state index is 13.3. The number of likely N-dealkylation sites (tertiary alicyclic amines) is 1. The molecule has 2 aromatic carbocycles. The van der Waals surface area contributed by atoms with E-state index in [1.54, 1.807) is 7.11 Å². The van der Waals surface area contributed by atoms with E-state index in [2.05, 4.69) is 17.2 Å². The molecule has 5 nitrogen and oxygen atoms in total. The lowest BCUT2D eigenvalue weighted by Crippen LogP contribution is -2.27. The highest BCUT2D eigenvalue weighted by molar-refractivity contribution is 7.20. The van der Waals surface area contributed by atoms with Gasteiger partial charge in [0.1, 0.15) is 10.6 Å². The SMILES string of the molecule is COc1ccc(C2CCN(C(=O)c3cc4c(C)nn(-c5ccccc5Cl)c4s3)C2)cc1. The number of methoxy groups -OCH3 is 1. The van der Waals surface area contributed by atoms with Gasteiger partial charge in [0.2, 0.25) is 0 Å². The summed E-state index contributed by atoms with van der Waals surface area (Å²) in [4.78, 5) is 16.9. The number of carbonyl (C=O) groups excluding carboxylic acids is 1. The second kappa shape index (κ2) is 8.02. The van der Waals surface area contributed by atoms with Crippen LogP contribution in [0.15, 0.2) is 54.6 Å². The van der Waals surface area contributed by atoms with Crippen LogP contribution >= 0.6 is 22.9 Å². The minimum absolute atomic E-state index is 0.0855. The van der Waals surface area contributed by atoms with E-state index in [1.807, 2.05) is 59.0 Å². The lowest BCUT2D eigenvalue weighted by molar-refractivity contribution is 0.0795. The van der Waals surface area contributed by atoms with Gasteiger partial charge < -0.3 is 9.64 Å². The first-order valence-corrected chi connectivity index (χ1v) is 11.4. The Morgan fingerprint density at radius 2 is 1.97 bits per heavy atom. The fraction of sp³-hybridized carbons (Fsp3) is 0.250. The average Bonchev–Trinajstić information content (AvgIpc) is 3.51. The van der Waals surface area contributed by atoms with Gasteiger partial charge in [0.15, 0.2) is 0 Å². The molecule has 1 aliphatic rings. The molecule has 0 spiro atoms. The molecule has 0 bridgehead atoms. The Bertz CT molecular complexity index is 1260. The molecule has 158 valence electrons. The molecule has 0 N–H and O–H groups in total. The molecule has 1 aliphatic heterocycles. The number of hydrogen-bond donors (Lipinski definition) is 0. The van der Waals surface area contributed by atoms with Crippen molar-refractivity contribution >= 4 is 39.1 Å². The van der Waals surface area contributed by atoms with Gasteiger partial charge in [-0.15, -0.1) is 11.3 Å². The van der Waals surface area contributed by atoms with E-state index in [1.165, 1.54) is 16.9 Å². The highest BCUT2D eigenvalue weighted by Crippen LogP contribution is 2.35. The number of aryl methyl sites for hydroxylation is 1. The number of para-hydroxylation sites is 1. The van der Waals surface area contributed by atoms with Crippen LogP contribution in [-0.2, 0) is 0 Å². The van der Waals surface area contributed by atoms with Crippen molar-refractivity contribution in [2.45, 2.75) is 19.3 Å². The third kappa shape index (κ3) is 3.60. The van der Waals surface area contributed by atoms with Gasteiger partial charge in [-0.1, -0.05) is 35.9 Å². The van der Waals surface area contributed by atoms with E-state index in [-0.39, 0.29) is 5.91 Å². The molecule has 31 heavy (non-hydrogen) atoms. The third-order valence-corrected chi connectivity index (χ3v) is 7.32. The van der Waals surface area contributed by atoms with Gasteiger partial charge in [-0.05, 0) is 49.2 Å². The van der Waals surface area contributed by atoms with Crippen molar-refractivity contribution in [2.24, 2.45) is 0 Å². The lowest BCUT2D eigenvalue weighted by atomic mass is 9.98. The summed E-state index contributed by atoms with van der Waals surface area (Å²) in [6, 6.07) is 17.8. The molecule has 3 heterocycles. The Balaban J connectivity index is 1.40. The molecule has 0 aliphatic carbocycles. The summed E-state index contributed by atoms with van der Waals surface area (Å²) in [5.74, 6) is 1.29. The van der Waals surface area contributed by atoms with Gasteiger partial charge in [-0.25, -0.2) is 4.68 Å². The maximum Gasteiger partial charge on any atom is 0.264 e. The molecular formula is C24H22ClN3O2S. The van der Waals surface area contributed by atoms with E-state index in [4.69, 9.17) is 16.3 Å². The number of carbonyl (C=O) groups is 1. The normalized spacial score (nSPS) is 16.2. The number of halogens is 1. The summed E-state index contributed by atoms with van der Waals surface area (Å²) in [6.45, 7) is 3.46. The van der Waals surface area contributed by atoms with Crippen LogP contribution in [0.1, 0.15) is 33.3 Å². The predicted molar refractivity (Wildman–Crippen MR) is 125 cm³/mol. The number of hydrogen-bond acceptors (Lipinski definition) is 4. The van der Waals surface area contributed by atoms with Crippen molar-refractivity contribution in [1.82, 2.24) is 14.7 Å². The van der Waals surface area contributed by atoms with E-state index >= 15 is 0 Å². The largest absolute Gasteiger partial charge is 0.497 e. The molecule has 7 heteroatoms. The van der Waals surface area contributed by atoms with Crippen molar-refractivity contribution in [3.05, 3.63) is 75.8 Å². The topological polar surface area (TPSA) is 47.4 Å². The number of ether oxygens (including phenoxy) is 1. The lowest BCUT2D eigenvalue weighted by Gasteiger charge is -2.16. The van der Waals surface area contributed by atoms with Gasteiger partial charge in [0.25, 0.3) is 5.91 Å². The molecule has 1 saturated heterocycles. The summed E-state index contributed by atoms with van der Waals surface area (Å²) < 4.78 is 7.10. The van der Waals surface area contributed by atoms with Crippen LogP contribution in [0.4, 0.5) is 0 Å². The van der Waals surface area contributed by atoms with Gasteiger partial charge in [0.05, 0.1) is 28.4 Å². The fourth-order valence-electron chi connectivity index (χ4n) is 4.19. The van der Waals surface area contributed by atoms with Crippen molar-refractivity contribution in [3.63, 3.8) is 0 Å². The van der Waals surface area contributed by atoms with Gasteiger partial charge in [-0.2, -0.15) is 5.10 Å². The van der Waals surface area contributed by atoms with Crippen molar-refractivity contribution < 1.29 is 9.53 Å². The Hall–Kier alpha value is -2.83. The average molecular weight is 452 g/mol. The smallest absolute Gasteiger partial charge is 0.264 e. The van der Waals surface area contributed by atoms with Crippen LogP contribution in [0.5, 0.6) is 5.75 Å². The molecule has 0 saturated carbocycles. The Morgan fingerprint density at radius 3 is 2.71 bits per heavy atom. The summed E-state index contributed by atoms with van der Waals surface area (Å²) in [6.07, 6.45) is 0.968. The molecule has 1 atom stereocenters. The predicted octanol–water partition coefficient (Wildman–Crippen LogP) is 5.69. The second-order valence-corrected chi connectivity index (χ2v) is 9.23. The fourth-order valence-corrected chi connectivity index (χ4v) is 5.55. The minimum Gasteiger partial charge on any atom is -0.497 e. The highest BCUT2D eigenvalue weighted by Gasteiger charge is 2.29. The first-order valence-electron chi connectivity index (χ1n) is 10.2. The summed E-state index contributed by atoms with van der Waals surface area (Å²) in [5.41, 5.74) is 2.96. The zero-order valence-corrected chi connectivity index (χ0v) is 18.9. The number of thiophene rings is 1. The number of nitrogens with zero attached hydrogens (tertiary/aromatic N) is 3. The van der Waals surface area contributed by atoms with Crippen molar-refractivity contribution in [2.75, 3.05) is 20.2 Å². The van der Waals surface area contributed by atoms with Crippen LogP contribution in [0.25, 0.3) is 15.9 Å². The Morgan fingerprint density at radius 1 is 1.19 bits per heavy atom. The van der Waals surface area contributed by atoms with E-state index in [0.29, 0.717) is 10.9 Å². The summed E-state index contributed by atoms with van der Waals surface area (Å²) >= 11 is 7.87. The van der Waals surface area contributed by atoms with Crippen molar-refractivity contribution in [1.29, 1.82) is 0 Å². The molecule has 2 aromatic heterocycles. The third-order valence-electron chi connectivity index (χ3n) is 5.90. The zero-order chi connectivity index (χ0) is 21.5. The Labute approximate surface area is 189 Å². The second-order valence-electron chi connectivity index (χ2n) is 7.79. The quantitative estimate of drug-likeness (QED) is 0.400. The van der Waals surface area contributed by atoms with Crippen LogP contribution in [-0.4, -0.2) is 40.8 Å². The highest BCUT2D eigenvalue weighted by atomic mass is 35.5. The molecule has 4 aromatic rings. The van der Waals surface area contributed by atoms with Crippen LogP contribution in [0.3, 0.4) is 0 Å². The van der Waals surface area contributed by atoms with Crippen LogP contribution < -0.4 is 4.74 Å². The molecule has 1 fully saturated rings. The zero-order valence-electron chi connectivity index (χ0n) is 17.3. The monoisotopic (exact) mass is 451 g/mol. The molecular weight excluding hydrogens is 430 g/mol. The summed E-state index contributed by atoms with van der Waals surface area (Å²) in [7, 11) is 1.67. The molecule has 1 unspecified atom stereocenters. The van der Waals surface area contributed by atoms with Gasteiger partial charge >= 0.3 is 0 Å².